The smallest absolute Gasteiger partial charge is 0.335 e. The number of aliphatic hydroxyl groups is 2. The Bertz CT molecular complexity index is 534. The molecule has 0 unspecified atom stereocenters. The van der Waals surface area contributed by atoms with Crippen LogP contribution in [-0.4, -0.2) is 60.3 Å². The highest BCUT2D eigenvalue weighted by molar-refractivity contribution is 7.88. The fraction of sp³-hybridized carbons (Fsp3) is 0.417. The average Bonchev–Trinajstić information content (AvgIpc) is 2.38. The molecule has 1 aromatic rings. The lowest BCUT2D eigenvalue weighted by molar-refractivity contribution is 0.0697. The Morgan fingerprint density at radius 1 is 1.05 bits per heavy atom. The molecule has 1 aromatic carbocycles. The van der Waals surface area contributed by atoms with Gasteiger partial charge in [-0.2, -0.15) is 4.31 Å². The van der Waals surface area contributed by atoms with Gasteiger partial charge in [0.05, 0.1) is 24.5 Å². The number of nitrogens with zero attached hydrogens (tertiary/aromatic N) is 1. The zero-order valence-corrected chi connectivity index (χ0v) is 11.6. The summed E-state index contributed by atoms with van der Waals surface area (Å²) in [6.45, 7) is -0.847. The molecule has 0 atom stereocenters. The van der Waals surface area contributed by atoms with Crippen LogP contribution in [-0.2, 0) is 15.8 Å². The van der Waals surface area contributed by atoms with Crippen LogP contribution < -0.4 is 0 Å². The summed E-state index contributed by atoms with van der Waals surface area (Å²) in [6.07, 6.45) is 0. The summed E-state index contributed by atoms with van der Waals surface area (Å²) < 4.78 is 25.2. The van der Waals surface area contributed by atoms with Crippen molar-refractivity contribution in [1.82, 2.24) is 4.31 Å². The molecule has 0 saturated heterocycles. The first-order chi connectivity index (χ1) is 9.40. The van der Waals surface area contributed by atoms with E-state index in [1.54, 1.807) is 0 Å². The predicted molar refractivity (Wildman–Crippen MR) is 71.8 cm³/mol. The van der Waals surface area contributed by atoms with Gasteiger partial charge in [-0.3, -0.25) is 0 Å². The van der Waals surface area contributed by atoms with Gasteiger partial charge in [0, 0.05) is 13.1 Å². The van der Waals surface area contributed by atoms with Crippen molar-refractivity contribution >= 4 is 16.0 Å². The maximum Gasteiger partial charge on any atom is 0.335 e. The van der Waals surface area contributed by atoms with Crippen LogP contribution in [0.4, 0.5) is 0 Å². The zero-order chi connectivity index (χ0) is 15.2. The van der Waals surface area contributed by atoms with Gasteiger partial charge in [-0.05, 0) is 17.7 Å². The monoisotopic (exact) mass is 303 g/mol. The number of aromatic carboxylic acids is 1. The average molecular weight is 303 g/mol. The summed E-state index contributed by atoms with van der Waals surface area (Å²) in [5, 5.41) is 26.4. The molecule has 7 nitrogen and oxygen atoms in total. The summed E-state index contributed by atoms with van der Waals surface area (Å²) in [5.41, 5.74) is 0.518. The predicted octanol–water partition coefficient (Wildman–Crippen LogP) is -0.499. The molecule has 0 fully saturated rings. The van der Waals surface area contributed by atoms with E-state index in [4.69, 9.17) is 15.3 Å². The lowest BCUT2D eigenvalue weighted by Crippen LogP contribution is -2.36. The Morgan fingerprint density at radius 2 is 1.55 bits per heavy atom. The molecular formula is C12H17NO6S. The Morgan fingerprint density at radius 3 is 1.95 bits per heavy atom. The van der Waals surface area contributed by atoms with E-state index >= 15 is 0 Å². The van der Waals surface area contributed by atoms with Gasteiger partial charge < -0.3 is 15.3 Å². The van der Waals surface area contributed by atoms with Gasteiger partial charge in [0.15, 0.2) is 0 Å². The van der Waals surface area contributed by atoms with Gasteiger partial charge >= 0.3 is 5.97 Å². The number of sulfonamides is 1. The van der Waals surface area contributed by atoms with Crippen molar-refractivity contribution in [2.75, 3.05) is 26.3 Å². The van der Waals surface area contributed by atoms with Crippen molar-refractivity contribution < 1.29 is 28.5 Å². The van der Waals surface area contributed by atoms with Gasteiger partial charge in [-0.1, -0.05) is 12.1 Å². The second-order valence-corrected chi connectivity index (χ2v) is 6.07. The van der Waals surface area contributed by atoms with E-state index in [0.29, 0.717) is 5.56 Å². The second-order valence-electron chi connectivity index (χ2n) is 4.10. The number of aliphatic hydroxyl groups excluding tert-OH is 2. The maximum atomic E-state index is 12.1. The Hall–Kier alpha value is -1.48. The first-order valence-electron chi connectivity index (χ1n) is 5.92. The van der Waals surface area contributed by atoms with E-state index in [0.717, 1.165) is 4.31 Å². The molecule has 0 bridgehead atoms. The molecule has 1 rings (SSSR count). The number of benzene rings is 1. The highest BCUT2D eigenvalue weighted by Gasteiger charge is 2.21. The molecule has 0 aliphatic heterocycles. The summed E-state index contributed by atoms with van der Waals surface area (Å²) >= 11 is 0. The first kappa shape index (κ1) is 16.6. The SMILES string of the molecule is O=C(O)c1ccc(CS(=O)(=O)N(CCO)CCO)cc1. The summed E-state index contributed by atoms with van der Waals surface area (Å²) in [5.74, 6) is -1.39. The van der Waals surface area contributed by atoms with Crippen LogP contribution in [0.2, 0.25) is 0 Å². The van der Waals surface area contributed by atoms with E-state index in [9.17, 15) is 13.2 Å². The normalized spacial score (nSPS) is 11.8. The largest absolute Gasteiger partial charge is 0.478 e. The minimum atomic E-state index is -3.67. The van der Waals surface area contributed by atoms with E-state index in [-0.39, 0.29) is 37.6 Å². The van der Waals surface area contributed by atoms with Crippen LogP contribution in [0.3, 0.4) is 0 Å². The van der Waals surface area contributed by atoms with Gasteiger partial charge in [0.25, 0.3) is 0 Å². The minimum Gasteiger partial charge on any atom is -0.478 e. The molecule has 0 aliphatic rings. The molecule has 8 heteroatoms. The van der Waals surface area contributed by atoms with Crippen LogP contribution >= 0.6 is 0 Å². The first-order valence-corrected chi connectivity index (χ1v) is 7.53. The number of carboxylic acids is 1. The van der Waals surface area contributed by atoms with Gasteiger partial charge in [0.1, 0.15) is 0 Å². The van der Waals surface area contributed by atoms with Crippen molar-refractivity contribution in [3.63, 3.8) is 0 Å². The van der Waals surface area contributed by atoms with Crippen molar-refractivity contribution in [1.29, 1.82) is 0 Å². The summed E-state index contributed by atoms with van der Waals surface area (Å²) in [7, 11) is -3.67. The van der Waals surface area contributed by atoms with Crippen LogP contribution in [0.1, 0.15) is 15.9 Å². The third-order valence-electron chi connectivity index (χ3n) is 2.64. The van der Waals surface area contributed by atoms with E-state index in [1.807, 2.05) is 0 Å². The third kappa shape index (κ3) is 4.57. The van der Waals surface area contributed by atoms with Gasteiger partial charge in [0.2, 0.25) is 10.0 Å². The van der Waals surface area contributed by atoms with Crippen molar-refractivity contribution in [3.8, 4) is 0 Å². The molecule has 112 valence electrons. The molecule has 0 heterocycles. The van der Waals surface area contributed by atoms with Crippen LogP contribution in [0.5, 0.6) is 0 Å². The van der Waals surface area contributed by atoms with Crippen molar-refractivity contribution in [2.45, 2.75) is 5.75 Å². The molecule has 0 aliphatic carbocycles. The Kier molecular flexibility index (Phi) is 6.08. The highest BCUT2D eigenvalue weighted by Crippen LogP contribution is 2.12. The topological polar surface area (TPSA) is 115 Å². The van der Waals surface area contributed by atoms with Crippen molar-refractivity contribution in [3.05, 3.63) is 35.4 Å². The van der Waals surface area contributed by atoms with E-state index < -0.39 is 16.0 Å². The molecule has 3 N–H and O–H groups in total. The van der Waals surface area contributed by atoms with E-state index in [1.165, 1.54) is 24.3 Å². The molecule has 0 amide bonds. The fourth-order valence-corrected chi connectivity index (χ4v) is 3.17. The minimum absolute atomic E-state index is 0.0775. The van der Waals surface area contributed by atoms with Crippen LogP contribution in [0.25, 0.3) is 0 Å². The molecule has 20 heavy (non-hydrogen) atoms. The lowest BCUT2D eigenvalue weighted by atomic mass is 10.1. The van der Waals surface area contributed by atoms with Crippen LogP contribution in [0.15, 0.2) is 24.3 Å². The molecule has 0 saturated carbocycles. The number of carboxylic acid groups (broad SMARTS) is 1. The number of carbonyl (C=O) groups is 1. The maximum absolute atomic E-state index is 12.1. The number of hydrogen-bond donors (Lipinski definition) is 3. The zero-order valence-electron chi connectivity index (χ0n) is 10.8. The molecular weight excluding hydrogens is 286 g/mol. The van der Waals surface area contributed by atoms with Gasteiger partial charge in [-0.25, -0.2) is 13.2 Å². The standard InChI is InChI=1S/C12H17NO6S/c14-7-5-13(6-8-15)20(18,19)9-10-1-3-11(4-2-10)12(16)17/h1-4,14-15H,5-9H2,(H,16,17). The van der Waals surface area contributed by atoms with Gasteiger partial charge in [-0.15, -0.1) is 0 Å². The molecule has 0 spiro atoms. The lowest BCUT2D eigenvalue weighted by Gasteiger charge is -2.20. The molecule has 0 aromatic heterocycles. The number of rotatable bonds is 8. The van der Waals surface area contributed by atoms with Crippen LogP contribution in [0, 0.1) is 0 Å². The Labute approximate surface area is 117 Å². The third-order valence-corrected chi connectivity index (χ3v) is 4.49. The number of hydrogen-bond acceptors (Lipinski definition) is 5. The van der Waals surface area contributed by atoms with E-state index in [2.05, 4.69) is 0 Å². The summed E-state index contributed by atoms with van der Waals surface area (Å²) in [6, 6.07) is 5.51. The quantitative estimate of drug-likeness (QED) is 0.596. The fourth-order valence-electron chi connectivity index (χ4n) is 1.66. The summed E-state index contributed by atoms with van der Waals surface area (Å²) in [4.78, 5) is 10.7. The second kappa shape index (κ2) is 7.34. The molecule has 0 radical (unpaired) electrons. The Balaban J connectivity index is 2.86. The van der Waals surface area contributed by atoms with Crippen molar-refractivity contribution in [2.24, 2.45) is 0 Å². The highest BCUT2D eigenvalue weighted by atomic mass is 32.2.